The second kappa shape index (κ2) is 23.2. The minimum atomic E-state index is -2.78. The zero-order chi connectivity index (χ0) is 26.3. The van der Waals surface area contributed by atoms with Crippen molar-refractivity contribution in [2.45, 2.75) is 149 Å². The summed E-state index contributed by atoms with van der Waals surface area (Å²) in [6.45, 7) is 11.1. The number of rotatable bonds is 27. The molecule has 0 fully saturated rings. The molecule has 0 saturated heterocycles. The molecule has 1 atom stereocenters. The van der Waals surface area contributed by atoms with Crippen LogP contribution in [0.4, 0.5) is 0 Å². The van der Waals surface area contributed by atoms with Crippen LogP contribution in [0, 0.1) is 0 Å². The van der Waals surface area contributed by atoms with E-state index in [-0.39, 0.29) is 6.04 Å². The predicted molar refractivity (Wildman–Crippen MR) is 154 cm³/mol. The zero-order valence-corrected chi connectivity index (χ0v) is 25.9. The number of quaternary nitrogens is 1. The lowest BCUT2D eigenvalue weighted by atomic mass is 10.0. The van der Waals surface area contributed by atoms with E-state index in [0.717, 1.165) is 19.4 Å². The van der Waals surface area contributed by atoms with Gasteiger partial charge in [0, 0.05) is 32.3 Å². The van der Waals surface area contributed by atoms with Gasteiger partial charge >= 0.3 is 8.97 Å². The molecule has 0 saturated carbocycles. The van der Waals surface area contributed by atoms with Crippen molar-refractivity contribution >= 4 is 8.97 Å². The van der Waals surface area contributed by atoms with Crippen molar-refractivity contribution in [3.63, 3.8) is 0 Å². The lowest BCUT2D eigenvalue weighted by molar-refractivity contribution is -0.820. The summed E-state index contributed by atoms with van der Waals surface area (Å²) in [5.74, 6) is 0. The fourth-order valence-corrected chi connectivity index (χ4v) is 7.72. The maximum atomic E-state index is 6.49. The molecule has 212 valence electrons. The Kier molecular flexibility index (Phi) is 23.2. The normalized spacial score (nSPS) is 13.5. The quantitative estimate of drug-likeness (QED) is 0.0886. The van der Waals surface area contributed by atoms with E-state index in [0.29, 0.717) is 24.0 Å². The lowest BCUT2D eigenvalue weighted by Gasteiger charge is -2.41. The predicted octanol–water partition coefficient (Wildman–Crippen LogP) is 7.98. The van der Waals surface area contributed by atoms with Crippen LogP contribution in [0.2, 0.25) is 0 Å². The van der Waals surface area contributed by atoms with Crippen LogP contribution in [-0.2, 0) is 13.3 Å². The van der Waals surface area contributed by atoms with E-state index < -0.39 is 8.97 Å². The van der Waals surface area contributed by atoms with Gasteiger partial charge in [-0.15, -0.1) is 0 Å². The molecule has 0 aromatic carbocycles. The second-order valence-electron chi connectivity index (χ2n) is 10.9. The molecule has 2 N–H and O–H groups in total. The first-order valence-electron chi connectivity index (χ1n) is 15.4. The largest absolute Gasteiger partial charge is 0.784 e. The summed E-state index contributed by atoms with van der Waals surface area (Å²) in [7, 11) is 1.57. The molecule has 0 spiro atoms. The molecule has 0 amide bonds. The van der Waals surface area contributed by atoms with Gasteiger partial charge in [-0.25, -0.2) is 0 Å². The van der Waals surface area contributed by atoms with E-state index in [1.165, 1.54) is 103 Å². The van der Waals surface area contributed by atoms with Gasteiger partial charge in [0.2, 0.25) is 0 Å². The molecule has 0 aliphatic carbocycles. The van der Waals surface area contributed by atoms with Crippen molar-refractivity contribution in [2.75, 3.05) is 40.5 Å². The molecular weight excluding hydrogens is 452 g/mol. The Balaban J connectivity index is 3.79. The molecule has 0 bridgehead atoms. The Morgan fingerprint density at radius 1 is 0.543 bits per heavy atom. The van der Waals surface area contributed by atoms with Gasteiger partial charge in [0.1, 0.15) is 0 Å². The van der Waals surface area contributed by atoms with E-state index in [1.54, 1.807) is 0 Å². The van der Waals surface area contributed by atoms with Crippen molar-refractivity contribution in [1.29, 1.82) is 0 Å². The van der Waals surface area contributed by atoms with Crippen LogP contribution in [0.3, 0.4) is 0 Å². The maximum absolute atomic E-state index is 6.49. The Hall–Kier alpha value is 0.0169. The summed E-state index contributed by atoms with van der Waals surface area (Å²) in [5.41, 5.74) is 6.49. The van der Waals surface area contributed by atoms with Gasteiger partial charge in [0.25, 0.3) is 0 Å². The van der Waals surface area contributed by atoms with Crippen molar-refractivity contribution in [1.82, 2.24) is 0 Å². The van der Waals surface area contributed by atoms with Gasteiger partial charge in [-0.05, 0) is 27.2 Å². The van der Waals surface area contributed by atoms with Gasteiger partial charge < -0.3 is 23.2 Å². The van der Waals surface area contributed by atoms with Gasteiger partial charge in [0.15, 0.2) is 0 Å². The van der Waals surface area contributed by atoms with Crippen LogP contribution in [0.5, 0.6) is 0 Å². The van der Waals surface area contributed by atoms with E-state index in [1.807, 2.05) is 20.8 Å². The summed E-state index contributed by atoms with van der Waals surface area (Å²) in [6, 6.07) is 0.246. The summed E-state index contributed by atoms with van der Waals surface area (Å²) in [5, 5.41) is 0. The number of unbranched alkanes of at least 4 members (excludes halogenated alkanes) is 15. The molecule has 0 aliphatic rings. The van der Waals surface area contributed by atoms with Crippen LogP contribution in [0.1, 0.15) is 143 Å². The van der Waals surface area contributed by atoms with Gasteiger partial charge in [-0.1, -0.05) is 110 Å². The molecule has 0 aliphatic heterocycles. The average molecular weight is 518 g/mol. The van der Waals surface area contributed by atoms with E-state index >= 15 is 0 Å². The Morgan fingerprint density at radius 3 is 1.23 bits per heavy atom. The summed E-state index contributed by atoms with van der Waals surface area (Å²) >= 11 is 0. The minimum Gasteiger partial charge on any atom is -0.327 e. The summed E-state index contributed by atoms with van der Waals surface area (Å²) < 4.78 is 19.0. The highest BCUT2D eigenvalue weighted by molar-refractivity contribution is 6.52. The molecule has 0 radical (unpaired) electrons. The number of nitrogens with zero attached hydrogens (tertiary/aromatic N) is 1. The Bertz CT molecular complexity index is 435. The van der Waals surface area contributed by atoms with Crippen LogP contribution < -0.4 is 5.73 Å². The Morgan fingerprint density at radius 2 is 0.886 bits per heavy atom. The van der Waals surface area contributed by atoms with Crippen LogP contribution >= 0.6 is 0 Å². The highest BCUT2D eigenvalue weighted by Crippen LogP contribution is 2.23. The van der Waals surface area contributed by atoms with Crippen LogP contribution in [0.15, 0.2) is 0 Å². The standard InChI is InChI=1S/C29H65N2O3Si/c1-7-11-12-13-14-15-16-17-18-19-20-21-22-23-24-25-26-29(30)27-28-31(5,6)35(32-8-2,33-9-3)34-10-4/h29H,7-28,30H2,1-6H3/q+1. The van der Waals surface area contributed by atoms with Crippen LogP contribution in [0.25, 0.3) is 0 Å². The van der Waals surface area contributed by atoms with Crippen LogP contribution in [-0.4, -0.2) is 59.6 Å². The number of nitrogens with two attached hydrogens (primary N) is 1. The first kappa shape index (κ1) is 35.0. The first-order chi connectivity index (χ1) is 16.9. The third-order valence-corrected chi connectivity index (χ3v) is 10.9. The van der Waals surface area contributed by atoms with Crippen molar-refractivity contribution < 1.29 is 17.4 Å². The maximum Gasteiger partial charge on any atom is 0.784 e. The molecule has 35 heavy (non-hydrogen) atoms. The van der Waals surface area contributed by atoms with E-state index in [9.17, 15) is 0 Å². The van der Waals surface area contributed by atoms with E-state index in [4.69, 9.17) is 19.0 Å². The first-order valence-corrected chi connectivity index (χ1v) is 17.1. The SMILES string of the molecule is CCCCCCCCCCCCCCCCCCC(N)CC[N+](C)(C)[Si](OCC)(OCC)OCC. The summed E-state index contributed by atoms with van der Waals surface area (Å²) in [4.78, 5) is 0. The molecule has 0 aromatic heterocycles. The highest BCUT2D eigenvalue weighted by atomic mass is 28.4. The third kappa shape index (κ3) is 17.2. The fourth-order valence-electron chi connectivity index (χ4n) is 4.92. The summed E-state index contributed by atoms with van der Waals surface area (Å²) in [6.07, 6.45) is 24.6. The fraction of sp³-hybridized carbons (Fsp3) is 1.00. The van der Waals surface area contributed by atoms with Crippen molar-refractivity contribution in [3.8, 4) is 0 Å². The number of hydrogen-bond donors (Lipinski definition) is 1. The molecule has 0 rings (SSSR count). The van der Waals surface area contributed by atoms with Crippen molar-refractivity contribution in [2.24, 2.45) is 5.73 Å². The smallest absolute Gasteiger partial charge is 0.327 e. The number of hydrogen-bond acceptors (Lipinski definition) is 4. The highest BCUT2D eigenvalue weighted by Gasteiger charge is 2.61. The molecule has 0 heterocycles. The van der Waals surface area contributed by atoms with Gasteiger partial charge in [0.05, 0.1) is 20.6 Å². The molecule has 0 aromatic rings. The lowest BCUT2D eigenvalue weighted by Crippen LogP contribution is -2.70. The monoisotopic (exact) mass is 517 g/mol. The average Bonchev–Trinajstić information content (AvgIpc) is 2.83. The molecule has 5 nitrogen and oxygen atoms in total. The van der Waals surface area contributed by atoms with Gasteiger partial charge in [-0.3, -0.25) is 0 Å². The molecular formula is C29H65N2O3Si+. The molecule has 6 heteroatoms. The third-order valence-electron chi connectivity index (χ3n) is 7.21. The molecule has 1 unspecified atom stereocenters. The Labute approximate surface area is 221 Å². The second-order valence-corrected chi connectivity index (χ2v) is 14.0. The minimum absolute atomic E-state index is 0.246. The van der Waals surface area contributed by atoms with Crippen molar-refractivity contribution in [3.05, 3.63) is 0 Å². The van der Waals surface area contributed by atoms with Gasteiger partial charge in [-0.2, -0.15) is 0 Å². The topological polar surface area (TPSA) is 53.7 Å². The zero-order valence-electron chi connectivity index (χ0n) is 24.9. The van der Waals surface area contributed by atoms with E-state index in [2.05, 4.69) is 21.0 Å².